The minimum atomic E-state index is -0.542. The van der Waals surface area contributed by atoms with Crippen LogP contribution in [-0.2, 0) is 0 Å². The fourth-order valence-corrected chi connectivity index (χ4v) is 6.14. The Morgan fingerprint density at radius 1 is 1.24 bits per heavy atom. The predicted octanol–water partition coefficient (Wildman–Crippen LogP) is 5.93. The number of hydrogen-bond acceptors (Lipinski definition) is 7. The van der Waals surface area contributed by atoms with Gasteiger partial charge in [0.05, 0.1) is 17.6 Å². The van der Waals surface area contributed by atoms with E-state index in [0.29, 0.717) is 28.1 Å². The standard InChI is InChI=1S/C27H28ClN5O3S/c1-17(20-4-2-3-5-21(20)28)36-24-15-25(37-26(24)27(29)34)33-16-30-22-7-6-19(14-23(22)33)18-8-11-32(12-9-18)13-10-31-35/h2-7,14-18H,8-13H2,1H3,(H2,29,34). The maximum Gasteiger partial charge on any atom is 0.262 e. The Hall–Kier alpha value is -3.27. The number of aromatic nitrogens is 2. The molecule has 1 amide bonds. The van der Waals surface area contributed by atoms with Crippen LogP contribution in [0, 0.1) is 4.91 Å². The molecule has 1 unspecified atom stereocenters. The van der Waals surface area contributed by atoms with Gasteiger partial charge in [-0.2, -0.15) is 4.91 Å². The third kappa shape index (κ3) is 5.39. The summed E-state index contributed by atoms with van der Waals surface area (Å²) in [6, 6.07) is 15.7. The predicted molar refractivity (Wildman–Crippen MR) is 147 cm³/mol. The lowest BCUT2D eigenvalue weighted by atomic mass is 9.89. The molecule has 1 aliphatic heterocycles. The number of rotatable bonds is 9. The van der Waals surface area contributed by atoms with E-state index in [2.05, 4.69) is 27.2 Å². The molecule has 4 aromatic rings. The van der Waals surface area contributed by atoms with Crippen LogP contribution in [0.5, 0.6) is 5.75 Å². The van der Waals surface area contributed by atoms with Gasteiger partial charge < -0.3 is 15.4 Å². The highest BCUT2D eigenvalue weighted by molar-refractivity contribution is 7.16. The fourth-order valence-electron chi connectivity index (χ4n) is 4.93. The average Bonchev–Trinajstić information content (AvgIpc) is 3.51. The Balaban J connectivity index is 1.41. The number of piperidine rings is 1. The number of halogens is 1. The molecule has 192 valence electrons. The maximum absolute atomic E-state index is 12.3. The van der Waals surface area contributed by atoms with E-state index in [4.69, 9.17) is 22.1 Å². The minimum absolute atomic E-state index is 0.340. The van der Waals surface area contributed by atoms with Crippen molar-refractivity contribution in [2.45, 2.75) is 31.8 Å². The molecule has 2 N–H and O–H groups in total. The topological polar surface area (TPSA) is 103 Å². The van der Waals surface area contributed by atoms with Crippen molar-refractivity contribution in [3.8, 4) is 10.8 Å². The maximum atomic E-state index is 12.3. The number of nitrogens with zero attached hydrogens (tertiary/aromatic N) is 4. The van der Waals surface area contributed by atoms with Crippen molar-refractivity contribution in [1.29, 1.82) is 0 Å². The van der Waals surface area contributed by atoms with Gasteiger partial charge in [0, 0.05) is 23.2 Å². The van der Waals surface area contributed by atoms with Crippen LogP contribution >= 0.6 is 22.9 Å². The Morgan fingerprint density at radius 3 is 2.76 bits per heavy atom. The second kappa shape index (κ2) is 11.0. The number of primary amides is 1. The number of carbonyl (C=O) groups is 1. The zero-order valence-electron chi connectivity index (χ0n) is 20.5. The highest BCUT2D eigenvalue weighted by atomic mass is 35.5. The van der Waals surface area contributed by atoms with Crippen molar-refractivity contribution >= 4 is 39.9 Å². The molecule has 37 heavy (non-hydrogen) atoms. The van der Waals surface area contributed by atoms with Gasteiger partial charge >= 0.3 is 0 Å². The van der Waals surface area contributed by atoms with Gasteiger partial charge in [0.15, 0.2) is 0 Å². The Morgan fingerprint density at radius 2 is 2.03 bits per heavy atom. The van der Waals surface area contributed by atoms with Gasteiger partial charge in [0.2, 0.25) is 0 Å². The number of fused-ring (bicyclic) bond motifs is 1. The number of nitrogens with two attached hydrogens (primary N) is 1. The second-order valence-corrected chi connectivity index (χ2v) is 10.7. The van der Waals surface area contributed by atoms with Crippen molar-refractivity contribution in [2.24, 2.45) is 10.9 Å². The first kappa shape index (κ1) is 25.4. The lowest BCUT2D eigenvalue weighted by Gasteiger charge is -2.31. The summed E-state index contributed by atoms with van der Waals surface area (Å²) in [5.41, 5.74) is 9.65. The van der Waals surface area contributed by atoms with Gasteiger partial charge in [-0.15, -0.1) is 11.3 Å². The van der Waals surface area contributed by atoms with E-state index < -0.39 is 5.91 Å². The molecule has 2 aromatic carbocycles. The average molecular weight is 538 g/mol. The number of hydrogen-bond donors (Lipinski definition) is 1. The van der Waals surface area contributed by atoms with Crippen LogP contribution in [0.15, 0.2) is 60.0 Å². The molecule has 5 rings (SSSR count). The minimum Gasteiger partial charge on any atom is -0.484 e. The lowest BCUT2D eigenvalue weighted by Crippen LogP contribution is -2.34. The number of imidazole rings is 1. The molecule has 0 aliphatic carbocycles. The Kier molecular flexibility index (Phi) is 7.55. The molecule has 0 spiro atoms. The van der Waals surface area contributed by atoms with Gasteiger partial charge in [-0.3, -0.25) is 9.36 Å². The van der Waals surface area contributed by atoms with E-state index in [0.717, 1.165) is 54.1 Å². The lowest BCUT2D eigenvalue weighted by molar-refractivity contribution is 0.0998. The van der Waals surface area contributed by atoms with Crippen LogP contribution in [0.2, 0.25) is 5.02 Å². The van der Waals surface area contributed by atoms with E-state index in [9.17, 15) is 9.70 Å². The molecule has 0 bridgehead atoms. The molecule has 10 heteroatoms. The monoisotopic (exact) mass is 537 g/mol. The summed E-state index contributed by atoms with van der Waals surface area (Å²) in [5, 5.41) is 4.38. The highest BCUT2D eigenvalue weighted by Crippen LogP contribution is 2.37. The van der Waals surface area contributed by atoms with E-state index in [-0.39, 0.29) is 6.10 Å². The first-order valence-electron chi connectivity index (χ1n) is 12.3. The van der Waals surface area contributed by atoms with Crippen molar-refractivity contribution in [3.63, 3.8) is 0 Å². The molecule has 8 nitrogen and oxygen atoms in total. The van der Waals surface area contributed by atoms with E-state index >= 15 is 0 Å². The normalized spacial score (nSPS) is 15.6. The van der Waals surface area contributed by atoms with E-state index in [1.807, 2.05) is 47.9 Å². The van der Waals surface area contributed by atoms with Crippen molar-refractivity contribution < 1.29 is 9.53 Å². The molecule has 0 saturated carbocycles. The number of nitroso groups, excluding NO2 is 1. The van der Waals surface area contributed by atoms with Gasteiger partial charge in [-0.25, -0.2) is 4.98 Å². The van der Waals surface area contributed by atoms with Gasteiger partial charge in [0.25, 0.3) is 5.91 Å². The molecule has 2 aromatic heterocycles. The first-order valence-corrected chi connectivity index (χ1v) is 13.5. The number of amides is 1. The smallest absolute Gasteiger partial charge is 0.262 e. The molecule has 1 aliphatic rings. The molecule has 0 radical (unpaired) electrons. The number of likely N-dealkylation sites (tertiary alicyclic amines) is 1. The van der Waals surface area contributed by atoms with Crippen molar-refractivity contribution in [1.82, 2.24) is 14.5 Å². The molecule has 1 saturated heterocycles. The fraction of sp³-hybridized carbons (Fsp3) is 0.333. The van der Waals surface area contributed by atoms with Crippen LogP contribution in [0.4, 0.5) is 0 Å². The van der Waals surface area contributed by atoms with Crippen molar-refractivity contribution in [2.75, 3.05) is 26.2 Å². The molecule has 3 heterocycles. The summed E-state index contributed by atoms with van der Waals surface area (Å²) in [4.78, 5) is 30.0. The Labute approximate surface area is 224 Å². The van der Waals surface area contributed by atoms with E-state index in [1.165, 1.54) is 16.9 Å². The van der Waals surface area contributed by atoms with Crippen LogP contribution in [0.3, 0.4) is 0 Å². The number of benzene rings is 2. The van der Waals surface area contributed by atoms with E-state index in [1.54, 1.807) is 6.33 Å². The molecular weight excluding hydrogens is 510 g/mol. The number of ether oxygens (including phenoxy) is 1. The van der Waals surface area contributed by atoms with Gasteiger partial charge in [0.1, 0.15) is 28.1 Å². The summed E-state index contributed by atoms with van der Waals surface area (Å²) < 4.78 is 8.16. The zero-order valence-corrected chi connectivity index (χ0v) is 22.0. The summed E-state index contributed by atoms with van der Waals surface area (Å²) in [6.07, 6.45) is 3.46. The molecule has 1 atom stereocenters. The summed E-state index contributed by atoms with van der Waals surface area (Å²) in [6.45, 7) is 4.86. The first-order chi connectivity index (χ1) is 17.9. The summed E-state index contributed by atoms with van der Waals surface area (Å²) in [7, 11) is 0. The number of carbonyl (C=O) groups excluding carboxylic acids is 1. The Bertz CT molecular complexity index is 1430. The molecule has 1 fully saturated rings. The summed E-state index contributed by atoms with van der Waals surface area (Å²) >= 11 is 7.63. The summed E-state index contributed by atoms with van der Waals surface area (Å²) in [5.74, 6) is 0.322. The van der Waals surface area contributed by atoms with Crippen LogP contribution < -0.4 is 10.5 Å². The zero-order chi connectivity index (χ0) is 25.9. The second-order valence-electron chi connectivity index (χ2n) is 9.26. The van der Waals surface area contributed by atoms with Gasteiger partial charge in [-0.1, -0.05) is 41.0 Å². The SMILES string of the molecule is CC(Oc1cc(-n2cnc3ccc(C4CCN(CCN=O)CC4)cc32)sc1C(N)=O)c1ccccc1Cl. The van der Waals surface area contributed by atoms with Crippen LogP contribution in [0.25, 0.3) is 16.0 Å². The molecular formula is C27H28ClN5O3S. The van der Waals surface area contributed by atoms with Crippen LogP contribution in [-0.4, -0.2) is 46.5 Å². The highest BCUT2D eigenvalue weighted by Gasteiger charge is 2.23. The third-order valence-corrected chi connectivity index (χ3v) is 8.41. The van der Waals surface area contributed by atoms with Crippen molar-refractivity contribution in [3.05, 3.63) is 80.8 Å². The van der Waals surface area contributed by atoms with Crippen LogP contribution in [0.1, 0.15) is 52.6 Å². The third-order valence-electron chi connectivity index (χ3n) is 6.93. The van der Waals surface area contributed by atoms with Gasteiger partial charge in [-0.05, 0) is 62.5 Å². The largest absolute Gasteiger partial charge is 0.484 e. The quantitative estimate of drug-likeness (QED) is 0.267. The number of thiophene rings is 1.